The van der Waals surface area contributed by atoms with Crippen LogP contribution in [0.1, 0.15) is 22.5 Å². The highest BCUT2D eigenvalue weighted by Gasteiger charge is 2.37. The number of carbonyl (C=O) groups is 1. The van der Waals surface area contributed by atoms with Gasteiger partial charge in [-0.05, 0) is 36.8 Å². The number of fused-ring (bicyclic) bond motifs is 2. The molecule has 4 heterocycles. The Bertz CT molecular complexity index is 1330. The number of rotatable bonds is 6. The fourth-order valence-corrected chi connectivity index (χ4v) is 4.54. The lowest BCUT2D eigenvalue weighted by atomic mass is 9.91. The Morgan fingerprint density at radius 2 is 2.09 bits per heavy atom. The molecular weight excluding hydrogens is 473 g/mol. The Morgan fingerprint density at radius 3 is 2.77 bits per heavy atom. The van der Waals surface area contributed by atoms with Crippen molar-refractivity contribution in [2.45, 2.75) is 18.5 Å². The molecule has 9 nitrogen and oxygen atoms in total. The number of anilines is 4. The number of ether oxygens (including phenoxy) is 1. The SMILES string of the molecule is COc1cccc(C#N)c1NC(=O)c1nc(Nc2ccc(N3CC4CC(C3)N4)c(F)c2)ncc1Cl. The van der Waals surface area contributed by atoms with Crippen molar-refractivity contribution < 1.29 is 13.9 Å². The van der Waals surface area contributed by atoms with Gasteiger partial charge in [0.2, 0.25) is 5.95 Å². The van der Waals surface area contributed by atoms with Crippen LogP contribution in [0, 0.1) is 17.1 Å². The Balaban J connectivity index is 1.34. The number of aromatic nitrogens is 2. The van der Waals surface area contributed by atoms with Crippen LogP contribution in [0.25, 0.3) is 0 Å². The van der Waals surface area contributed by atoms with Gasteiger partial charge < -0.3 is 25.6 Å². The number of methoxy groups -OCH3 is 1. The van der Waals surface area contributed by atoms with E-state index >= 15 is 0 Å². The molecule has 3 aliphatic rings. The normalized spacial score (nSPS) is 18.3. The average Bonchev–Trinajstić information content (AvgIpc) is 2.85. The van der Waals surface area contributed by atoms with Crippen LogP contribution in [0.2, 0.25) is 5.02 Å². The maximum Gasteiger partial charge on any atom is 0.276 e. The van der Waals surface area contributed by atoms with E-state index in [4.69, 9.17) is 16.3 Å². The number of nitrogens with zero attached hydrogens (tertiary/aromatic N) is 4. The van der Waals surface area contributed by atoms with Crippen LogP contribution in [0.5, 0.6) is 5.75 Å². The number of nitriles is 1. The van der Waals surface area contributed by atoms with Gasteiger partial charge in [-0.15, -0.1) is 0 Å². The molecule has 0 spiro atoms. The zero-order valence-electron chi connectivity index (χ0n) is 18.7. The van der Waals surface area contributed by atoms with E-state index in [0.29, 0.717) is 29.2 Å². The van der Waals surface area contributed by atoms with Crippen LogP contribution >= 0.6 is 11.6 Å². The van der Waals surface area contributed by atoms with E-state index in [-0.39, 0.29) is 33.7 Å². The molecule has 35 heavy (non-hydrogen) atoms. The number of hydrogen-bond acceptors (Lipinski definition) is 8. The molecule has 11 heteroatoms. The Morgan fingerprint density at radius 1 is 1.31 bits per heavy atom. The molecular formula is C24H21ClFN7O2. The van der Waals surface area contributed by atoms with Gasteiger partial charge in [-0.3, -0.25) is 4.79 Å². The fourth-order valence-electron chi connectivity index (χ4n) is 4.36. The van der Waals surface area contributed by atoms with Gasteiger partial charge in [-0.25, -0.2) is 14.4 Å². The minimum Gasteiger partial charge on any atom is -0.495 e. The van der Waals surface area contributed by atoms with Crippen molar-refractivity contribution in [3.05, 3.63) is 64.7 Å². The Kier molecular flexibility index (Phi) is 6.11. The molecule has 3 aliphatic heterocycles. The number of amides is 1. The lowest BCUT2D eigenvalue weighted by Gasteiger charge is -2.49. The van der Waals surface area contributed by atoms with E-state index < -0.39 is 5.91 Å². The molecule has 1 amide bonds. The molecule has 1 aromatic heterocycles. The van der Waals surface area contributed by atoms with Gasteiger partial charge in [0.05, 0.1) is 29.6 Å². The number of hydrogen-bond donors (Lipinski definition) is 3. The highest BCUT2D eigenvalue weighted by Crippen LogP contribution is 2.31. The van der Waals surface area contributed by atoms with E-state index in [1.165, 1.54) is 19.4 Å². The molecule has 2 aromatic carbocycles. The monoisotopic (exact) mass is 493 g/mol. The molecule has 0 radical (unpaired) electrons. The summed E-state index contributed by atoms with van der Waals surface area (Å²) in [5, 5.41) is 18.4. The molecule has 0 saturated carbocycles. The second-order valence-corrected chi connectivity index (χ2v) is 8.74. The predicted molar refractivity (Wildman–Crippen MR) is 130 cm³/mol. The largest absolute Gasteiger partial charge is 0.495 e. The van der Waals surface area contributed by atoms with Crippen molar-refractivity contribution in [2.24, 2.45) is 0 Å². The summed E-state index contributed by atoms with van der Waals surface area (Å²) < 4.78 is 20.1. The summed E-state index contributed by atoms with van der Waals surface area (Å²) in [6.45, 7) is 1.55. The minimum absolute atomic E-state index is 0.0141. The smallest absolute Gasteiger partial charge is 0.276 e. The number of carbonyl (C=O) groups excluding carboxylic acids is 1. The molecule has 2 bridgehead atoms. The van der Waals surface area contributed by atoms with E-state index in [0.717, 1.165) is 19.5 Å². The number of para-hydroxylation sites is 1. The summed E-state index contributed by atoms with van der Waals surface area (Å²) >= 11 is 6.17. The predicted octanol–water partition coefficient (Wildman–Crippen LogP) is 3.70. The van der Waals surface area contributed by atoms with E-state index in [2.05, 4.69) is 25.9 Å². The summed E-state index contributed by atoms with van der Waals surface area (Å²) in [6, 6.07) is 12.5. The maximum atomic E-state index is 14.9. The third kappa shape index (κ3) is 4.56. The van der Waals surface area contributed by atoms with E-state index in [1.54, 1.807) is 30.3 Å². The molecule has 2 unspecified atom stereocenters. The third-order valence-electron chi connectivity index (χ3n) is 6.03. The van der Waals surface area contributed by atoms with Gasteiger partial charge in [-0.2, -0.15) is 5.26 Å². The topological polar surface area (TPSA) is 115 Å². The summed E-state index contributed by atoms with van der Waals surface area (Å²) in [5.74, 6) is -0.627. The molecule has 178 valence electrons. The molecule has 2 atom stereocenters. The van der Waals surface area contributed by atoms with Crippen molar-refractivity contribution in [3.63, 3.8) is 0 Å². The van der Waals surface area contributed by atoms with Crippen molar-refractivity contribution >= 4 is 40.5 Å². The van der Waals surface area contributed by atoms with Crippen LogP contribution in [-0.2, 0) is 0 Å². The number of piperidine rings is 1. The highest BCUT2D eigenvalue weighted by atomic mass is 35.5. The molecule has 3 saturated heterocycles. The number of nitrogens with one attached hydrogen (secondary N) is 3. The molecule has 0 aliphatic carbocycles. The standard InChI is InChI=1S/C24H21ClFN7O2/c1-35-20-4-2-3-13(9-27)21(20)31-23(34)22-17(25)10-28-24(32-22)30-14-5-6-19(18(26)8-14)33-11-15-7-16(12-33)29-15/h2-6,8,10,15-16,29H,7,11-12H2,1H3,(H,31,34)(H,28,30,32). The summed E-state index contributed by atoms with van der Waals surface area (Å²) in [5.41, 5.74) is 1.29. The van der Waals surface area contributed by atoms with Gasteiger partial charge in [0.1, 0.15) is 23.3 Å². The minimum atomic E-state index is -0.653. The first-order valence-corrected chi connectivity index (χ1v) is 11.3. The fraction of sp³-hybridized carbons (Fsp3) is 0.250. The van der Waals surface area contributed by atoms with Gasteiger partial charge in [0.25, 0.3) is 5.91 Å². The summed E-state index contributed by atoms with van der Waals surface area (Å²) in [6.07, 6.45) is 2.41. The van der Waals surface area contributed by atoms with Gasteiger partial charge in [0.15, 0.2) is 5.69 Å². The number of piperazine rings is 1. The van der Waals surface area contributed by atoms with Gasteiger partial charge in [-0.1, -0.05) is 17.7 Å². The van der Waals surface area contributed by atoms with Gasteiger partial charge >= 0.3 is 0 Å². The average molecular weight is 494 g/mol. The summed E-state index contributed by atoms with van der Waals surface area (Å²) in [7, 11) is 1.43. The van der Waals surface area contributed by atoms with Crippen LogP contribution in [-0.4, -0.2) is 48.2 Å². The highest BCUT2D eigenvalue weighted by molar-refractivity contribution is 6.34. The lowest BCUT2D eigenvalue weighted by Crippen LogP contribution is -2.67. The zero-order valence-corrected chi connectivity index (χ0v) is 19.4. The first-order valence-electron chi connectivity index (χ1n) is 10.9. The second kappa shape index (κ2) is 9.37. The number of benzene rings is 2. The van der Waals surface area contributed by atoms with Crippen LogP contribution < -0.4 is 25.6 Å². The van der Waals surface area contributed by atoms with Crippen molar-refractivity contribution in [2.75, 3.05) is 35.7 Å². The molecule has 3 fully saturated rings. The van der Waals surface area contributed by atoms with E-state index in [1.807, 2.05) is 11.0 Å². The molecule has 3 N–H and O–H groups in total. The van der Waals surface area contributed by atoms with Crippen LogP contribution in [0.3, 0.4) is 0 Å². The Hall–Kier alpha value is -3.94. The number of halogens is 2. The van der Waals surface area contributed by atoms with E-state index in [9.17, 15) is 14.4 Å². The third-order valence-corrected chi connectivity index (χ3v) is 6.31. The van der Waals surface area contributed by atoms with Crippen LogP contribution in [0.4, 0.5) is 27.4 Å². The maximum absolute atomic E-state index is 14.9. The lowest BCUT2D eigenvalue weighted by molar-refractivity contribution is 0.102. The molecule has 3 aromatic rings. The van der Waals surface area contributed by atoms with Gasteiger partial charge in [0, 0.05) is 30.9 Å². The van der Waals surface area contributed by atoms with Crippen molar-refractivity contribution in [1.82, 2.24) is 15.3 Å². The Labute approximate surface area is 205 Å². The first-order chi connectivity index (χ1) is 16.9. The quantitative estimate of drug-likeness (QED) is 0.476. The van der Waals surface area contributed by atoms with Crippen molar-refractivity contribution in [3.8, 4) is 11.8 Å². The second-order valence-electron chi connectivity index (χ2n) is 8.33. The summed E-state index contributed by atoms with van der Waals surface area (Å²) in [4.78, 5) is 23.3. The first kappa shape index (κ1) is 22.8. The van der Waals surface area contributed by atoms with Crippen LogP contribution in [0.15, 0.2) is 42.6 Å². The van der Waals surface area contributed by atoms with Crippen molar-refractivity contribution in [1.29, 1.82) is 5.26 Å². The molecule has 6 rings (SSSR count). The zero-order chi connectivity index (χ0) is 24.5.